The van der Waals surface area contributed by atoms with E-state index in [0.29, 0.717) is 29.9 Å². The third-order valence-electron chi connectivity index (χ3n) is 6.62. The second-order valence-corrected chi connectivity index (χ2v) is 12.6. The van der Waals surface area contributed by atoms with E-state index in [2.05, 4.69) is 22.2 Å². The summed E-state index contributed by atoms with van der Waals surface area (Å²) in [7, 11) is -3.66. The lowest BCUT2D eigenvalue weighted by Gasteiger charge is -2.21. The Balaban J connectivity index is 1.30. The predicted molar refractivity (Wildman–Crippen MR) is 153 cm³/mol. The normalized spacial score (nSPS) is 20.7. The van der Waals surface area contributed by atoms with Gasteiger partial charge in [0.15, 0.2) is 10.9 Å². The van der Waals surface area contributed by atoms with Gasteiger partial charge < -0.3 is 5.32 Å². The largest absolute Gasteiger partial charge is 0.378 e. The van der Waals surface area contributed by atoms with E-state index in [0.717, 1.165) is 53.4 Å². The Kier molecular flexibility index (Phi) is 7.72. The Hall–Kier alpha value is -3.36. The standard InChI is InChI=1S/C30H30N2O4S2/c1-20-8-16-26(17-9-20)38(35,36)32-24-14-12-23(13-15-24)30(22-10-11-22)31-25-5-2-4-21(18-25)19-28-27(33)6-3-7-29(34)37-28/h2,4,8-9,12-19,25,31-32H,3,5-7,10-11H2,1H3/b28-19+. The monoisotopic (exact) mass is 546 g/mol. The molecule has 1 atom stereocenters. The Labute approximate surface area is 228 Å². The van der Waals surface area contributed by atoms with Gasteiger partial charge in [0.25, 0.3) is 10.0 Å². The van der Waals surface area contributed by atoms with Gasteiger partial charge in [0.05, 0.1) is 9.80 Å². The zero-order chi connectivity index (χ0) is 26.7. The lowest BCUT2D eigenvalue weighted by atomic mass is 10.00. The van der Waals surface area contributed by atoms with Crippen molar-refractivity contribution in [1.29, 1.82) is 0 Å². The maximum absolute atomic E-state index is 12.8. The summed E-state index contributed by atoms with van der Waals surface area (Å²) >= 11 is 1.06. The van der Waals surface area contributed by atoms with Gasteiger partial charge >= 0.3 is 0 Å². The highest BCUT2D eigenvalue weighted by atomic mass is 32.2. The number of rotatable bonds is 7. The number of carbonyl (C=O) groups is 2. The number of benzene rings is 2. The first-order valence-electron chi connectivity index (χ1n) is 12.8. The van der Waals surface area contributed by atoms with E-state index in [1.807, 2.05) is 31.2 Å². The molecule has 2 fully saturated rings. The quantitative estimate of drug-likeness (QED) is 0.411. The van der Waals surface area contributed by atoms with Crippen LogP contribution in [0.5, 0.6) is 0 Å². The van der Waals surface area contributed by atoms with E-state index in [1.54, 1.807) is 36.4 Å². The molecule has 1 heterocycles. The fraction of sp³-hybridized carbons (Fsp3) is 0.267. The third kappa shape index (κ3) is 6.55. The number of allylic oxidation sites excluding steroid dienone is 5. The zero-order valence-electron chi connectivity index (χ0n) is 21.2. The van der Waals surface area contributed by atoms with Crippen LogP contribution in [0.15, 0.2) is 93.8 Å². The molecule has 2 aromatic carbocycles. The van der Waals surface area contributed by atoms with Gasteiger partial charge in [-0.15, -0.1) is 0 Å². The van der Waals surface area contributed by atoms with Crippen LogP contribution >= 0.6 is 11.8 Å². The Bertz CT molecular complexity index is 1480. The highest BCUT2D eigenvalue weighted by Gasteiger charge is 2.23. The number of hydrogen-bond acceptors (Lipinski definition) is 6. The number of ketones is 1. The number of aryl methyl sites for hydroxylation is 1. The van der Waals surface area contributed by atoms with Crippen LogP contribution in [0.25, 0.3) is 5.70 Å². The maximum Gasteiger partial charge on any atom is 0.261 e. The fourth-order valence-corrected chi connectivity index (χ4v) is 6.40. The first-order chi connectivity index (χ1) is 18.3. The van der Waals surface area contributed by atoms with Crippen LogP contribution in [-0.2, 0) is 19.6 Å². The molecule has 2 aliphatic carbocycles. The molecule has 0 spiro atoms. The Morgan fingerprint density at radius 1 is 0.974 bits per heavy atom. The smallest absolute Gasteiger partial charge is 0.261 e. The number of sulfonamides is 1. The summed E-state index contributed by atoms with van der Waals surface area (Å²) in [5, 5.41) is 3.70. The van der Waals surface area contributed by atoms with Crippen LogP contribution in [0.1, 0.15) is 49.7 Å². The molecule has 196 valence electrons. The lowest BCUT2D eigenvalue weighted by Crippen LogP contribution is -2.27. The van der Waals surface area contributed by atoms with Gasteiger partial charge in [0.2, 0.25) is 0 Å². The van der Waals surface area contributed by atoms with Crippen molar-refractivity contribution in [3.8, 4) is 0 Å². The minimum Gasteiger partial charge on any atom is -0.378 e. The minimum absolute atomic E-state index is 0.0316. The van der Waals surface area contributed by atoms with Gasteiger partial charge in [0, 0.05) is 30.3 Å². The molecular weight excluding hydrogens is 516 g/mol. The van der Waals surface area contributed by atoms with Crippen molar-refractivity contribution in [2.75, 3.05) is 4.72 Å². The molecule has 2 aromatic rings. The van der Waals surface area contributed by atoms with Gasteiger partial charge in [0.1, 0.15) is 0 Å². The first-order valence-corrected chi connectivity index (χ1v) is 15.1. The molecule has 2 N–H and O–H groups in total. The summed E-state index contributed by atoms with van der Waals surface area (Å²) in [6.45, 7) is 1.92. The van der Waals surface area contributed by atoms with Crippen LogP contribution in [-0.4, -0.2) is 25.4 Å². The van der Waals surface area contributed by atoms with Crippen molar-refractivity contribution < 1.29 is 18.0 Å². The molecule has 5 rings (SSSR count). The summed E-state index contributed by atoms with van der Waals surface area (Å²) in [5.41, 5.74) is 5.82. The molecule has 0 aromatic heterocycles. The van der Waals surface area contributed by atoms with Gasteiger partial charge in [-0.2, -0.15) is 0 Å². The number of carbonyl (C=O) groups excluding carboxylic acids is 2. The van der Waals surface area contributed by atoms with E-state index in [-0.39, 0.29) is 21.8 Å². The van der Waals surface area contributed by atoms with Gasteiger partial charge in [-0.1, -0.05) is 48.1 Å². The molecule has 38 heavy (non-hydrogen) atoms. The van der Waals surface area contributed by atoms with Crippen molar-refractivity contribution in [3.05, 3.63) is 100 Å². The summed E-state index contributed by atoms with van der Waals surface area (Å²) < 4.78 is 28.2. The maximum atomic E-state index is 12.8. The number of anilines is 1. The lowest BCUT2D eigenvalue weighted by molar-refractivity contribution is -0.114. The van der Waals surface area contributed by atoms with Crippen LogP contribution < -0.4 is 10.0 Å². The number of Topliss-reactive ketones (excluding diaryl/α,β-unsaturated/α-hetero) is 1. The molecular formula is C30H30N2O4S2. The topological polar surface area (TPSA) is 92.3 Å². The third-order valence-corrected chi connectivity index (χ3v) is 9.01. The molecule has 1 aliphatic heterocycles. The Morgan fingerprint density at radius 2 is 1.71 bits per heavy atom. The molecule has 1 saturated heterocycles. The highest BCUT2D eigenvalue weighted by Crippen LogP contribution is 2.36. The van der Waals surface area contributed by atoms with Gasteiger partial charge in [-0.05, 0) is 91.4 Å². The summed E-state index contributed by atoms with van der Waals surface area (Å²) in [5.74, 6) is 0.0316. The Morgan fingerprint density at radius 3 is 2.42 bits per heavy atom. The summed E-state index contributed by atoms with van der Waals surface area (Å²) in [6, 6.07) is 14.2. The van der Waals surface area contributed by atoms with E-state index in [1.165, 1.54) is 5.57 Å². The molecule has 8 heteroatoms. The minimum atomic E-state index is -3.66. The number of nitrogens with one attached hydrogen (secondary N) is 2. The molecule has 0 bridgehead atoms. The van der Waals surface area contributed by atoms with E-state index < -0.39 is 10.0 Å². The molecule has 0 amide bonds. The molecule has 1 saturated carbocycles. The molecule has 3 aliphatic rings. The number of thioether (sulfide) groups is 1. The van der Waals surface area contributed by atoms with Crippen molar-refractivity contribution in [1.82, 2.24) is 5.32 Å². The van der Waals surface area contributed by atoms with E-state index in [9.17, 15) is 18.0 Å². The fourth-order valence-electron chi connectivity index (χ4n) is 4.44. The SMILES string of the molecule is Cc1ccc(S(=O)(=O)Nc2ccc(C(NC3C=C(/C=C4/SC(=O)CCCC4=O)C=CC3)=C3CC3)cc2)cc1. The van der Waals surface area contributed by atoms with Crippen LogP contribution in [0.2, 0.25) is 0 Å². The first kappa shape index (κ1) is 26.3. The van der Waals surface area contributed by atoms with Crippen LogP contribution in [0.4, 0.5) is 5.69 Å². The van der Waals surface area contributed by atoms with Gasteiger partial charge in [-0.3, -0.25) is 14.3 Å². The average molecular weight is 547 g/mol. The molecule has 1 unspecified atom stereocenters. The van der Waals surface area contributed by atoms with E-state index in [4.69, 9.17) is 0 Å². The van der Waals surface area contributed by atoms with Crippen molar-refractivity contribution >= 4 is 44.1 Å². The van der Waals surface area contributed by atoms with E-state index >= 15 is 0 Å². The summed E-state index contributed by atoms with van der Waals surface area (Å²) in [6.07, 6.45) is 12.3. The van der Waals surface area contributed by atoms with Crippen molar-refractivity contribution in [2.24, 2.45) is 0 Å². The zero-order valence-corrected chi connectivity index (χ0v) is 22.8. The highest BCUT2D eigenvalue weighted by molar-refractivity contribution is 8.17. The predicted octanol–water partition coefficient (Wildman–Crippen LogP) is 6.04. The molecule has 0 radical (unpaired) electrons. The average Bonchev–Trinajstić information content (AvgIpc) is 3.74. The molecule has 6 nitrogen and oxygen atoms in total. The second kappa shape index (κ2) is 11.2. The van der Waals surface area contributed by atoms with Crippen LogP contribution in [0, 0.1) is 6.92 Å². The summed E-state index contributed by atoms with van der Waals surface area (Å²) in [4.78, 5) is 25.2. The van der Waals surface area contributed by atoms with Gasteiger partial charge in [-0.25, -0.2) is 8.42 Å². The van der Waals surface area contributed by atoms with Crippen molar-refractivity contribution in [2.45, 2.75) is 56.4 Å². The second-order valence-electron chi connectivity index (χ2n) is 9.79. The van der Waals surface area contributed by atoms with Crippen LogP contribution in [0.3, 0.4) is 0 Å². The van der Waals surface area contributed by atoms with Crippen molar-refractivity contribution in [3.63, 3.8) is 0 Å². The number of hydrogen-bond donors (Lipinski definition) is 2.